The zero-order valence-corrected chi connectivity index (χ0v) is 16.7. The molecule has 1 aliphatic carbocycles. The molecule has 2 fully saturated rings. The van der Waals surface area contributed by atoms with Crippen LogP contribution in [0.1, 0.15) is 51.6 Å². The van der Waals surface area contributed by atoms with Gasteiger partial charge in [-0.25, -0.2) is 0 Å². The molecule has 5 nitrogen and oxygen atoms in total. The predicted molar refractivity (Wildman–Crippen MR) is 99.3 cm³/mol. The highest BCUT2D eigenvalue weighted by Gasteiger charge is 2.54. The fourth-order valence-corrected chi connectivity index (χ4v) is 4.44. The molecule has 1 aromatic carbocycles. The number of carbonyl (C=O) groups is 2. The number of nitrogens with zero attached hydrogens (tertiary/aromatic N) is 1. The lowest BCUT2D eigenvalue weighted by atomic mass is 9.86. The van der Waals surface area contributed by atoms with Gasteiger partial charge in [-0.15, -0.1) is 0 Å². The van der Waals surface area contributed by atoms with E-state index in [1.165, 1.54) is 0 Å². The monoisotopic (exact) mass is 408 g/mol. The Kier molecular flexibility index (Phi) is 4.84. The molecule has 1 aromatic rings. The van der Waals surface area contributed by atoms with E-state index in [0.717, 1.165) is 29.3 Å². The molecule has 2 aliphatic rings. The Morgan fingerprint density at radius 1 is 1.36 bits per heavy atom. The van der Waals surface area contributed by atoms with Gasteiger partial charge in [0.05, 0.1) is 17.5 Å². The van der Waals surface area contributed by atoms with Crippen molar-refractivity contribution in [2.45, 2.75) is 57.7 Å². The van der Waals surface area contributed by atoms with Crippen LogP contribution in [0.2, 0.25) is 0 Å². The summed E-state index contributed by atoms with van der Waals surface area (Å²) in [5, 5.41) is 3.04. The summed E-state index contributed by atoms with van der Waals surface area (Å²) in [6.45, 7) is 5.84. The third-order valence-electron chi connectivity index (χ3n) is 4.92. The maximum atomic E-state index is 13.0. The molecule has 136 valence electrons. The van der Waals surface area contributed by atoms with Gasteiger partial charge in [0.15, 0.2) is 0 Å². The van der Waals surface area contributed by atoms with Crippen molar-refractivity contribution in [3.8, 4) is 5.75 Å². The summed E-state index contributed by atoms with van der Waals surface area (Å²) in [6, 6.07) is 5.15. The van der Waals surface area contributed by atoms with Gasteiger partial charge < -0.3 is 15.0 Å². The van der Waals surface area contributed by atoms with Crippen molar-refractivity contribution in [3.05, 3.63) is 28.2 Å². The van der Waals surface area contributed by atoms with Gasteiger partial charge >= 0.3 is 0 Å². The predicted octanol–water partition coefficient (Wildman–Crippen LogP) is 3.42. The van der Waals surface area contributed by atoms with Crippen LogP contribution in [-0.4, -0.2) is 35.4 Å². The number of hydrogen-bond acceptors (Lipinski definition) is 3. The number of halogens is 1. The summed E-state index contributed by atoms with van der Waals surface area (Å²) < 4.78 is 6.06. The molecule has 1 unspecified atom stereocenters. The van der Waals surface area contributed by atoms with Crippen molar-refractivity contribution in [1.29, 1.82) is 0 Å². The van der Waals surface area contributed by atoms with Crippen LogP contribution in [0, 0.1) is 5.92 Å². The molecule has 1 saturated heterocycles. The Morgan fingerprint density at radius 2 is 2.08 bits per heavy atom. The summed E-state index contributed by atoms with van der Waals surface area (Å²) in [7, 11) is 1.60. The van der Waals surface area contributed by atoms with Gasteiger partial charge in [-0.2, -0.15) is 0 Å². The quantitative estimate of drug-likeness (QED) is 0.776. The molecule has 3 atom stereocenters. The molecule has 25 heavy (non-hydrogen) atoms. The summed E-state index contributed by atoms with van der Waals surface area (Å²) in [4.78, 5) is 27.5. The lowest BCUT2D eigenvalue weighted by Crippen LogP contribution is -2.62. The van der Waals surface area contributed by atoms with E-state index in [9.17, 15) is 9.59 Å². The second kappa shape index (κ2) is 6.63. The highest BCUT2D eigenvalue weighted by molar-refractivity contribution is 9.10. The van der Waals surface area contributed by atoms with Crippen molar-refractivity contribution in [1.82, 2.24) is 10.2 Å². The Morgan fingerprint density at radius 3 is 2.68 bits per heavy atom. The van der Waals surface area contributed by atoms with Gasteiger partial charge in [-0.3, -0.25) is 9.59 Å². The molecule has 0 aromatic heterocycles. The minimum Gasteiger partial charge on any atom is -0.496 e. The first-order chi connectivity index (χ1) is 11.7. The molecular formula is C19H25BrN2O3. The zero-order valence-electron chi connectivity index (χ0n) is 15.1. The topological polar surface area (TPSA) is 58.6 Å². The second-order valence-electron chi connectivity index (χ2n) is 7.89. The highest BCUT2D eigenvalue weighted by atomic mass is 79.9. The van der Waals surface area contributed by atoms with Crippen LogP contribution in [0.3, 0.4) is 0 Å². The van der Waals surface area contributed by atoms with E-state index in [-0.39, 0.29) is 29.3 Å². The molecule has 3 rings (SSSR count). The lowest BCUT2D eigenvalue weighted by molar-refractivity contribution is -0.163. The minimum absolute atomic E-state index is 0.100. The van der Waals surface area contributed by atoms with E-state index in [1.54, 1.807) is 12.0 Å². The number of amides is 2. The van der Waals surface area contributed by atoms with Crippen LogP contribution >= 0.6 is 15.9 Å². The third kappa shape index (κ3) is 3.41. The van der Waals surface area contributed by atoms with Gasteiger partial charge in [0, 0.05) is 11.6 Å². The SMILES string of the molecule is COc1ccc(C(C(=O)NC(C)(C)C)N2C(=O)[C@@H]3CCC[C@@H]32)cc1Br. The third-order valence-corrected chi connectivity index (χ3v) is 5.54. The molecule has 1 saturated carbocycles. The van der Waals surface area contributed by atoms with E-state index in [1.807, 2.05) is 39.0 Å². The van der Waals surface area contributed by atoms with Gasteiger partial charge in [-0.1, -0.05) is 12.5 Å². The van der Waals surface area contributed by atoms with Crippen molar-refractivity contribution >= 4 is 27.7 Å². The molecule has 1 heterocycles. The first-order valence-electron chi connectivity index (χ1n) is 8.70. The zero-order chi connectivity index (χ0) is 18.4. The second-order valence-corrected chi connectivity index (χ2v) is 8.74. The fourth-order valence-electron chi connectivity index (χ4n) is 3.88. The Bertz CT molecular complexity index is 698. The van der Waals surface area contributed by atoms with E-state index in [4.69, 9.17) is 4.74 Å². The number of β-lactam (4-membered cyclic amide) rings is 1. The van der Waals surface area contributed by atoms with Crippen LogP contribution in [0.5, 0.6) is 5.75 Å². The molecular weight excluding hydrogens is 384 g/mol. The number of rotatable bonds is 4. The lowest BCUT2D eigenvalue weighted by Gasteiger charge is -2.48. The standard InChI is InChI=1S/C19H25BrN2O3/c1-19(2,3)21-17(23)16(11-8-9-15(25-4)13(20)10-11)22-14-7-5-6-12(14)18(22)24/h8-10,12,14,16H,5-7H2,1-4H3,(H,21,23)/t12-,14+,16?/m1/s1. The van der Waals surface area contributed by atoms with Crippen LogP contribution < -0.4 is 10.1 Å². The van der Waals surface area contributed by atoms with E-state index >= 15 is 0 Å². The highest BCUT2D eigenvalue weighted by Crippen LogP contribution is 2.45. The van der Waals surface area contributed by atoms with Gasteiger partial charge in [0.1, 0.15) is 11.8 Å². The van der Waals surface area contributed by atoms with E-state index in [0.29, 0.717) is 5.75 Å². The molecule has 1 N–H and O–H groups in total. The number of hydrogen-bond donors (Lipinski definition) is 1. The van der Waals surface area contributed by atoms with Crippen LogP contribution in [0.15, 0.2) is 22.7 Å². The van der Waals surface area contributed by atoms with E-state index < -0.39 is 6.04 Å². The summed E-state index contributed by atoms with van der Waals surface area (Å²) in [5.74, 6) is 0.769. The number of benzene rings is 1. The fraction of sp³-hybridized carbons (Fsp3) is 0.579. The number of nitrogens with one attached hydrogen (secondary N) is 1. The minimum atomic E-state index is -0.603. The maximum absolute atomic E-state index is 13.0. The number of fused-ring (bicyclic) bond motifs is 1. The molecule has 0 spiro atoms. The summed E-state index contributed by atoms with van der Waals surface area (Å²) in [5.41, 5.74) is 0.440. The smallest absolute Gasteiger partial charge is 0.247 e. The number of methoxy groups -OCH3 is 1. The Hall–Kier alpha value is -1.56. The van der Waals surface area contributed by atoms with Crippen LogP contribution in [-0.2, 0) is 9.59 Å². The number of likely N-dealkylation sites (tertiary alicyclic amines) is 1. The van der Waals surface area contributed by atoms with Crippen molar-refractivity contribution in [3.63, 3.8) is 0 Å². The first kappa shape index (κ1) is 18.2. The average Bonchev–Trinajstić information content (AvgIpc) is 2.94. The van der Waals surface area contributed by atoms with Gasteiger partial charge in [-0.05, 0) is 67.2 Å². The maximum Gasteiger partial charge on any atom is 0.247 e. The van der Waals surface area contributed by atoms with Gasteiger partial charge in [0.2, 0.25) is 11.8 Å². The molecule has 0 bridgehead atoms. The van der Waals surface area contributed by atoms with Crippen LogP contribution in [0.4, 0.5) is 0 Å². The van der Waals surface area contributed by atoms with Crippen molar-refractivity contribution in [2.75, 3.05) is 7.11 Å². The van der Waals surface area contributed by atoms with Gasteiger partial charge in [0.25, 0.3) is 0 Å². The number of carbonyl (C=O) groups excluding carboxylic acids is 2. The van der Waals surface area contributed by atoms with Crippen molar-refractivity contribution in [2.24, 2.45) is 5.92 Å². The van der Waals surface area contributed by atoms with Crippen molar-refractivity contribution < 1.29 is 14.3 Å². The molecule has 0 radical (unpaired) electrons. The molecule has 1 aliphatic heterocycles. The normalized spacial score (nSPS) is 23.7. The molecule has 2 amide bonds. The Balaban J connectivity index is 1.96. The summed E-state index contributed by atoms with van der Waals surface area (Å²) in [6.07, 6.45) is 2.98. The number of ether oxygens (including phenoxy) is 1. The van der Waals surface area contributed by atoms with E-state index in [2.05, 4.69) is 21.2 Å². The average molecular weight is 409 g/mol. The first-order valence-corrected chi connectivity index (χ1v) is 9.50. The Labute approximate surface area is 157 Å². The largest absolute Gasteiger partial charge is 0.496 e. The summed E-state index contributed by atoms with van der Waals surface area (Å²) >= 11 is 3.49. The van der Waals surface area contributed by atoms with Crippen LogP contribution in [0.25, 0.3) is 0 Å². The molecule has 6 heteroatoms.